The summed E-state index contributed by atoms with van der Waals surface area (Å²) in [6.45, 7) is 1.82. The highest BCUT2D eigenvalue weighted by Crippen LogP contribution is 2.44. The van der Waals surface area contributed by atoms with Crippen LogP contribution in [0.5, 0.6) is 0 Å². The van der Waals surface area contributed by atoms with Crippen LogP contribution in [0.2, 0.25) is 0 Å². The first-order valence-electron chi connectivity index (χ1n) is 7.99. The van der Waals surface area contributed by atoms with Gasteiger partial charge in [0.2, 0.25) is 5.88 Å². The molecule has 5 nitrogen and oxygen atoms in total. The highest BCUT2D eigenvalue weighted by Gasteiger charge is 2.41. The van der Waals surface area contributed by atoms with Crippen LogP contribution in [0, 0.1) is 5.82 Å². The highest BCUT2D eigenvalue weighted by molar-refractivity contribution is 9.10. The Labute approximate surface area is 152 Å². The van der Waals surface area contributed by atoms with Crippen LogP contribution < -0.4 is 5.73 Å². The SMILES string of the molecule is CCOC(=O)C1=C(N)OC2=C(C(=O)CCC2)[C@@H]1c1ccc(Br)c(F)c1. The minimum absolute atomic E-state index is 0.0394. The molecule has 2 aliphatic rings. The second kappa shape index (κ2) is 7.00. The Hall–Kier alpha value is -2.15. The standard InChI is InChI=1S/C18H17BrFNO4/c1-2-24-18(23)16-14(9-6-7-10(19)11(20)8-9)15-12(22)4-3-5-13(15)25-17(16)21/h6-8,14H,2-5,21H2,1H3/t14-/m0/s1. The van der Waals surface area contributed by atoms with Crippen molar-refractivity contribution in [3.63, 3.8) is 0 Å². The quantitative estimate of drug-likeness (QED) is 0.773. The third kappa shape index (κ3) is 3.20. The first kappa shape index (κ1) is 17.7. The third-order valence-electron chi connectivity index (χ3n) is 4.26. The normalized spacial score (nSPS) is 20.3. The Bertz CT molecular complexity index is 815. The Morgan fingerprint density at radius 1 is 1.44 bits per heavy atom. The molecule has 132 valence electrons. The number of Topliss-reactive ketones (excluding diaryl/α,β-unsaturated/α-hetero) is 1. The van der Waals surface area contributed by atoms with Gasteiger partial charge in [0, 0.05) is 18.4 Å². The Morgan fingerprint density at radius 3 is 2.88 bits per heavy atom. The predicted molar refractivity (Wildman–Crippen MR) is 91.7 cm³/mol. The molecule has 0 bridgehead atoms. The van der Waals surface area contributed by atoms with Gasteiger partial charge in [-0.2, -0.15) is 0 Å². The minimum atomic E-state index is -0.793. The van der Waals surface area contributed by atoms with Crippen LogP contribution in [-0.2, 0) is 19.1 Å². The number of allylic oxidation sites excluding steroid dienone is 2. The lowest BCUT2D eigenvalue weighted by Crippen LogP contribution is -2.31. The first-order valence-corrected chi connectivity index (χ1v) is 8.79. The van der Waals surface area contributed by atoms with E-state index in [1.807, 2.05) is 0 Å². The molecule has 1 aromatic carbocycles. The molecule has 0 aromatic heterocycles. The van der Waals surface area contributed by atoms with Crippen LogP contribution in [0.1, 0.15) is 37.7 Å². The molecule has 0 fully saturated rings. The number of hydrogen-bond acceptors (Lipinski definition) is 5. The number of benzene rings is 1. The van der Waals surface area contributed by atoms with Crippen molar-refractivity contribution >= 4 is 27.7 Å². The van der Waals surface area contributed by atoms with Gasteiger partial charge >= 0.3 is 5.97 Å². The van der Waals surface area contributed by atoms with E-state index in [9.17, 15) is 14.0 Å². The van der Waals surface area contributed by atoms with E-state index in [-0.39, 0.29) is 23.8 Å². The molecular weight excluding hydrogens is 393 g/mol. The molecule has 0 amide bonds. The van der Waals surface area contributed by atoms with Gasteiger partial charge in [-0.1, -0.05) is 6.07 Å². The lowest BCUT2D eigenvalue weighted by atomic mass is 9.77. The number of hydrogen-bond donors (Lipinski definition) is 1. The highest BCUT2D eigenvalue weighted by atomic mass is 79.9. The van der Waals surface area contributed by atoms with E-state index in [1.165, 1.54) is 12.1 Å². The van der Waals surface area contributed by atoms with E-state index in [0.717, 1.165) is 0 Å². The van der Waals surface area contributed by atoms with Crippen LogP contribution in [0.3, 0.4) is 0 Å². The fourth-order valence-corrected chi connectivity index (χ4v) is 3.44. The summed E-state index contributed by atoms with van der Waals surface area (Å²) in [5.74, 6) is -1.72. The molecule has 25 heavy (non-hydrogen) atoms. The summed E-state index contributed by atoms with van der Waals surface area (Å²) in [4.78, 5) is 25.0. The van der Waals surface area contributed by atoms with Crippen LogP contribution in [0.15, 0.2) is 45.5 Å². The zero-order valence-corrected chi connectivity index (χ0v) is 15.2. The van der Waals surface area contributed by atoms with Crippen molar-refractivity contribution in [2.45, 2.75) is 32.1 Å². The van der Waals surface area contributed by atoms with E-state index in [4.69, 9.17) is 15.2 Å². The maximum absolute atomic E-state index is 14.1. The number of carbonyl (C=O) groups excluding carboxylic acids is 2. The molecule has 1 aliphatic carbocycles. The second-order valence-corrected chi connectivity index (χ2v) is 6.67. The van der Waals surface area contributed by atoms with Crippen molar-refractivity contribution < 1.29 is 23.5 Å². The molecule has 7 heteroatoms. The van der Waals surface area contributed by atoms with Crippen molar-refractivity contribution in [1.82, 2.24) is 0 Å². The maximum Gasteiger partial charge on any atom is 0.340 e. The van der Waals surface area contributed by atoms with Gasteiger partial charge in [0.25, 0.3) is 0 Å². The van der Waals surface area contributed by atoms with E-state index in [1.54, 1.807) is 13.0 Å². The number of ether oxygens (including phenoxy) is 2. The molecule has 1 heterocycles. The van der Waals surface area contributed by atoms with Gasteiger partial charge in [-0.15, -0.1) is 0 Å². The number of ketones is 1. The average molecular weight is 410 g/mol. The predicted octanol–water partition coefficient (Wildman–Crippen LogP) is 3.44. The molecule has 0 spiro atoms. The fourth-order valence-electron chi connectivity index (χ4n) is 3.19. The largest absolute Gasteiger partial charge is 0.462 e. The van der Waals surface area contributed by atoms with Crippen molar-refractivity contribution in [3.8, 4) is 0 Å². The van der Waals surface area contributed by atoms with Gasteiger partial charge in [-0.3, -0.25) is 4.79 Å². The van der Waals surface area contributed by atoms with Gasteiger partial charge < -0.3 is 15.2 Å². The Morgan fingerprint density at radius 2 is 2.20 bits per heavy atom. The lowest BCUT2D eigenvalue weighted by molar-refractivity contribution is -0.139. The molecular formula is C18H17BrFNO4. The summed E-state index contributed by atoms with van der Waals surface area (Å²) in [7, 11) is 0. The molecule has 3 rings (SSSR count). The molecule has 0 radical (unpaired) electrons. The second-order valence-electron chi connectivity index (χ2n) is 5.82. The molecule has 0 saturated carbocycles. The summed E-state index contributed by atoms with van der Waals surface area (Å²) in [6.07, 6.45) is 1.56. The van der Waals surface area contributed by atoms with E-state index >= 15 is 0 Å². The number of esters is 1. The summed E-state index contributed by atoms with van der Waals surface area (Å²) in [6, 6.07) is 4.48. The Kier molecular flexibility index (Phi) is 4.94. The van der Waals surface area contributed by atoms with Crippen molar-refractivity contribution in [2.24, 2.45) is 5.73 Å². The van der Waals surface area contributed by atoms with Crippen LogP contribution >= 0.6 is 15.9 Å². The monoisotopic (exact) mass is 409 g/mol. The fraction of sp³-hybridized carbons (Fsp3) is 0.333. The molecule has 1 aromatic rings. The van der Waals surface area contributed by atoms with E-state index in [2.05, 4.69) is 15.9 Å². The lowest BCUT2D eigenvalue weighted by Gasteiger charge is -2.32. The zero-order valence-electron chi connectivity index (χ0n) is 13.6. The van der Waals surface area contributed by atoms with Gasteiger partial charge in [0.05, 0.1) is 17.0 Å². The van der Waals surface area contributed by atoms with Gasteiger partial charge in [0.15, 0.2) is 5.78 Å². The summed E-state index contributed by atoms with van der Waals surface area (Å²) in [5, 5.41) is 0. The molecule has 0 saturated heterocycles. The van der Waals surface area contributed by atoms with Crippen LogP contribution in [0.25, 0.3) is 0 Å². The minimum Gasteiger partial charge on any atom is -0.462 e. The van der Waals surface area contributed by atoms with Crippen LogP contribution in [-0.4, -0.2) is 18.4 Å². The summed E-state index contributed by atoms with van der Waals surface area (Å²) < 4.78 is 25.0. The topological polar surface area (TPSA) is 78.6 Å². The summed E-state index contributed by atoms with van der Waals surface area (Å²) >= 11 is 3.11. The Balaban J connectivity index is 2.18. The van der Waals surface area contributed by atoms with Crippen molar-refractivity contribution in [2.75, 3.05) is 6.61 Å². The number of carbonyl (C=O) groups is 2. The molecule has 1 aliphatic heterocycles. The van der Waals surface area contributed by atoms with Crippen molar-refractivity contribution in [1.29, 1.82) is 0 Å². The number of rotatable bonds is 3. The maximum atomic E-state index is 14.1. The van der Waals surface area contributed by atoms with E-state index < -0.39 is 17.7 Å². The van der Waals surface area contributed by atoms with Crippen LogP contribution in [0.4, 0.5) is 4.39 Å². The molecule has 2 N–H and O–H groups in total. The van der Waals surface area contributed by atoms with Gasteiger partial charge in [0.1, 0.15) is 17.1 Å². The van der Waals surface area contributed by atoms with Crippen molar-refractivity contribution in [3.05, 3.63) is 56.8 Å². The van der Waals surface area contributed by atoms with Gasteiger partial charge in [-0.05, 0) is 47.0 Å². The number of halogens is 2. The average Bonchev–Trinajstić information content (AvgIpc) is 2.56. The zero-order chi connectivity index (χ0) is 18.1. The molecule has 0 unspecified atom stereocenters. The number of nitrogens with two attached hydrogens (primary N) is 1. The van der Waals surface area contributed by atoms with Gasteiger partial charge in [-0.25, -0.2) is 9.18 Å². The van der Waals surface area contributed by atoms with E-state index in [0.29, 0.717) is 40.6 Å². The smallest absolute Gasteiger partial charge is 0.340 e. The molecule has 1 atom stereocenters. The summed E-state index contributed by atoms with van der Waals surface area (Å²) in [5.41, 5.74) is 6.83. The third-order valence-corrected chi connectivity index (χ3v) is 4.90. The first-order chi connectivity index (χ1) is 11.9.